The lowest BCUT2D eigenvalue weighted by Crippen LogP contribution is -2.57. The van der Waals surface area contributed by atoms with Crippen molar-refractivity contribution in [1.29, 1.82) is 0 Å². The van der Waals surface area contributed by atoms with Gasteiger partial charge in [0.15, 0.2) is 15.8 Å². The average Bonchev–Trinajstić information content (AvgIpc) is 3.28. The summed E-state index contributed by atoms with van der Waals surface area (Å²) in [5.41, 5.74) is 0.993. The first-order chi connectivity index (χ1) is 14.3. The van der Waals surface area contributed by atoms with Crippen LogP contribution in [0, 0.1) is 0 Å². The normalized spacial score (nSPS) is 19.8. The summed E-state index contributed by atoms with van der Waals surface area (Å²) < 4.78 is 23.2. The number of benzene rings is 1. The van der Waals surface area contributed by atoms with E-state index in [1.807, 2.05) is 24.0 Å². The lowest BCUT2D eigenvalue weighted by atomic mass is 10.2. The third kappa shape index (κ3) is 5.51. The van der Waals surface area contributed by atoms with Crippen LogP contribution in [-0.4, -0.2) is 93.6 Å². The molecule has 1 atom stereocenters. The summed E-state index contributed by atoms with van der Waals surface area (Å²) in [5.74, 6) is 1.07. The van der Waals surface area contributed by atoms with E-state index in [2.05, 4.69) is 20.1 Å². The van der Waals surface area contributed by atoms with Crippen LogP contribution in [0.1, 0.15) is 25.3 Å². The van der Waals surface area contributed by atoms with Gasteiger partial charge >= 0.3 is 0 Å². The molecule has 0 spiro atoms. The number of aliphatic imine (C=N–C) groups is 1. The number of likely N-dealkylation sites (tertiary alicyclic amines) is 1. The van der Waals surface area contributed by atoms with E-state index < -0.39 is 9.84 Å². The van der Waals surface area contributed by atoms with E-state index in [1.54, 1.807) is 19.2 Å². The minimum Gasteiger partial charge on any atom is -0.352 e. The molecule has 0 aromatic heterocycles. The molecule has 3 rings (SSSR count). The molecule has 1 N–H and O–H groups in total. The smallest absolute Gasteiger partial charge is 0.239 e. The van der Waals surface area contributed by atoms with Crippen LogP contribution in [0.2, 0.25) is 0 Å². The highest BCUT2D eigenvalue weighted by atomic mass is 32.2. The van der Waals surface area contributed by atoms with Crippen LogP contribution in [0.15, 0.2) is 34.2 Å². The number of amides is 1. The summed E-state index contributed by atoms with van der Waals surface area (Å²) in [6, 6.07) is 6.83. The van der Waals surface area contributed by atoms with Crippen molar-refractivity contribution in [2.24, 2.45) is 4.99 Å². The van der Waals surface area contributed by atoms with Gasteiger partial charge in [-0.25, -0.2) is 8.42 Å². The van der Waals surface area contributed by atoms with E-state index in [9.17, 15) is 13.2 Å². The number of nitrogens with zero attached hydrogens (tertiary/aromatic N) is 4. The van der Waals surface area contributed by atoms with Crippen LogP contribution in [0.3, 0.4) is 0 Å². The Labute approximate surface area is 179 Å². The molecule has 0 aliphatic carbocycles. The Balaban J connectivity index is 1.49. The van der Waals surface area contributed by atoms with Crippen molar-refractivity contribution in [3.05, 3.63) is 29.8 Å². The SMILES string of the molecule is CN=C(NCc1ccc(S(C)(=O)=O)cc1)N1CCN(C(C)C(=O)N2CCCC2)CC1. The second-order valence-corrected chi connectivity index (χ2v) is 10.1. The van der Waals surface area contributed by atoms with Crippen LogP contribution in [0.5, 0.6) is 0 Å². The van der Waals surface area contributed by atoms with Gasteiger partial charge in [-0.2, -0.15) is 0 Å². The number of nitrogens with one attached hydrogen (secondary N) is 1. The maximum atomic E-state index is 12.7. The zero-order valence-electron chi connectivity index (χ0n) is 18.2. The highest BCUT2D eigenvalue weighted by Gasteiger charge is 2.30. The molecule has 2 aliphatic heterocycles. The molecule has 1 aromatic rings. The van der Waals surface area contributed by atoms with Gasteiger partial charge in [0.1, 0.15) is 0 Å². The van der Waals surface area contributed by atoms with Crippen LogP contribution >= 0.6 is 0 Å². The molecule has 30 heavy (non-hydrogen) atoms. The topological polar surface area (TPSA) is 85.3 Å². The molecule has 2 saturated heterocycles. The third-order valence-corrected chi connectivity index (χ3v) is 7.08. The zero-order chi connectivity index (χ0) is 21.7. The fraction of sp³-hybridized carbons (Fsp3) is 0.619. The first kappa shape index (κ1) is 22.6. The van der Waals surface area contributed by atoms with Crippen molar-refractivity contribution in [3.8, 4) is 0 Å². The molecule has 9 heteroatoms. The maximum absolute atomic E-state index is 12.7. The number of hydrogen-bond acceptors (Lipinski definition) is 5. The number of rotatable bonds is 5. The summed E-state index contributed by atoms with van der Waals surface area (Å²) in [4.78, 5) is 23.8. The van der Waals surface area contributed by atoms with E-state index in [1.165, 1.54) is 6.26 Å². The molecule has 2 fully saturated rings. The highest BCUT2D eigenvalue weighted by molar-refractivity contribution is 7.90. The monoisotopic (exact) mass is 435 g/mol. The number of carbonyl (C=O) groups is 1. The molecule has 0 bridgehead atoms. The lowest BCUT2D eigenvalue weighted by Gasteiger charge is -2.39. The van der Waals surface area contributed by atoms with Crippen LogP contribution in [0.4, 0.5) is 0 Å². The molecule has 2 heterocycles. The summed E-state index contributed by atoms with van der Waals surface area (Å²) in [6.07, 6.45) is 3.44. The quantitative estimate of drug-likeness (QED) is 0.544. The largest absolute Gasteiger partial charge is 0.352 e. The van der Waals surface area contributed by atoms with Gasteiger partial charge in [-0.05, 0) is 37.5 Å². The van der Waals surface area contributed by atoms with Gasteiger partial charge in [0, 0.05) is 59.1 Å². The van der Waals surface area contributed by atoms with Gasteiger partial charge in [-0.15, -0.1) is 0 Å². The van der Waals surface area contributed by atoms with E-state index >= 15 is 0 Å². The van der Waals surface area contributed by atoms with Crippen molar-refractivity contribution in [2.75, 3.05) is 52.6 Å². The number of sulfone groups is 1. The second kappa shape index (κ2) is 9.78. The number of carbonyl (C=O) groups excluding carboxylic acids is 1. The van der Waals surface area contributed by atoms with E-state index in [-0.39, 0.29) is 11.9 Å². The second-order valence-electron chi connectivity index (χ2n) is 8.05. The number of guanidine groups is 1. The predicted molar refractivity (Wildman–Crippen MR) is 118 cm³/mol. The van der Waals surface area contributed by atoms with Gasteiger partial charge in [-0.3, -0.25) is 14.7 Å². The Morgan fingerprint density at radius 2 is 1.63 bits per heavy atom. The first-order valence-electron chi connectivity index (χ1n) is 10.6. The maximum Gasteiger partial charge on any atom is 0.239 e. The molecular weight excluding hydrogens is 402 g/mol. The molecule has 166 valence electrons. The molecular formula is C21H33N5O3S. The standard InChI is InChI=1S/C21H33N5O3S/c1-17(20(27)25-10-4-5-11-25)24-12-14-26(15-13-24)21(22-2)23-16-18-6-8-19(9-7-18)30(3,28)29/h6-9,17H,4-5,10-16H2,1-3H3,(H,22,23). The minimum absolute atomic E-state index is 0.0754. The zero-order valence-corrected chi connectivity index (χ0v) is 19.0. The van der Waals surface area contributed by atoms with Crippen LogP contribution in [-0.2, 0) is 21.2 Å². The Kier molecular flexibility index (Phi) is 7.36. The number of hydrogen-bond donors (Lipinski definition) is 1. The average molecular weight is 436 g/mol. The molecule has 8 nitrogen and oxygen atoms in total. The molecule has 2 aliphatic rings. The summed E-state index contributed by atoms with van der Waals surface area (Å²) in [5, 5.41) is 3.36. The molecule has 0 radical (unpaired) electrons. The molecule has 1 amide bonds. The van der Waals surface area contributed by atoms with Crippen molar-refractivity contribution >= 4 is 21.7 Å². The summed E-state index contributed by atoms with van der Waals surface area (Å²) in [6.45, 7) is 7.64. The van der Waals surface area contributed by atoms with E-state index in [0.29, 0.717) is 11.4 Å². The van der Waals surface area contributed by atoms with Crippen LogP contribution < -0.4 is 5.32 Å². The Morgan fingerprint density at radius 3 is 2.17 bits per heavy atom. The van der Waals surface area contributed by atoms with Gasteiger partial charge in [0.05, 0.1) is 10.9 Å². The van der Waals surface area contributed by atoms with Gasteiger partial charge in [0.25, 0.3) is 0 Å². The molecule has 0 saturated carbocycles. The molecule has 1 aromatic carbocycles. The fourth-order valence-corrected chi connectivity index (χ4v) is 4.68. The van der Waals surface area contributed by atoms with Gasteiger partial charge in [-0.1, -0.05) is 12.1 Å². The fourth-order valence-electron chi connectivity index (χ4n) is 4.05. The summed E-state index contributed by atoms with van der Waals surface area (Å²) in [7, 11) is -1.42. The Morgan fingerprint density at radius 1 is 1.03 bits per heavy atom. The molecule has 1 unspecified atom stereocenters. The van der Waals surface area contributed by atoms with E-state index in [4.69, 9.17) is 0 Å². The lowest BCUT2D eigenvalue weighted by molar-refractivity contribution is -0.135. The van der Waals surface area contributed by atoms with Crippen molar-refractivity contribution in [3.63, 3.8) is 0 Å². The van der Waals surface area contributed by atoms with Crippen molar-refractivity contribution in [2.45, 2.75) is 37.2 Å². The number of piperazine rings is 1. The van der Waals surface area contributed by atoms with Crippen molar-refractivity contribution < 1.29 is 13.2 Å². The minimum atomic E-state index is -3.18. The predicted octanol–water partition coefficient (Wildman–Crippen LogP) is 0.794. The third-order valence-electron chi connectivity index (χ3n) is 5.95. The summed E-state index contributed by atoms with van der Waals surface area (Å²) >= 11 is 0. The van der Waals surface area contributed by atoms with Crippen molar-refractivity contribution in [1.82, 2.24) is 20.0 Å². The Bertz CT molecular complexity index is 855. The van der Waals surface area contributed by atoms with Gasteiger partial charge in [0.2, 0.25) is 5.91 Å². The highest BCUT2D eigenvalue weighted by Crippen LogP contribution is 2.14. The van der Waals surface area contributed by atoms with Gasteiger partial charge < -0.3 is 15.1 Å². The first-order valence-corrected chi connectivity index (χ1v) is 12.5. The Hall–Kier alpha value is -2.13. The van der Waals surface area contributed by atoms with Crippen LogP contribution in [0.25, 0.3) is 0 Å². The van der Waals surface area contributed by atoms with E-state index in [0.717, 1.165) is 63.6 Å².